The van der Waals surface area contributed by atoms with Gasteiger partial charge in [0, 0.05) is 9.17 Å². The predicted octanol–water partition coefficient (Wildman–Crippen LogP) is 5.13. The molecule has 0 saturated carbocycles. The van der Waals surface area contributed by atoms with Gasteiger partial charge in [0.2, 0.25) is 0 Å². The van der Waals surface area contributed by atoms with Gasteiger partial charge in [-0.3, -0.25) is 0 Å². The molecule has 0 fully saturated rings. The zero-order valence-electron chi connectivity index (χ0n) is 10.3. The molecule has 0 spiro atoms. The van der Waals surface area contributed by atoms with Gasteiger partial charge in [-0.2, -0.15) is 0 Å². The van der Waals surface area contributed by atoms with Gasteiger partial charge in [-0.15, -0.1) is 11.3 Å². The third-order valence-corrected chi connectivity index (χ3v) is 4.72. The smallest absolute Gasteiger partial charge is 0.0809 e. The van der Waals surface area contributed by atoms with Gasteiger partial charge in [0.1, 0.15) is 0 Å². The van der Waals surface area contributed by atoms with Crippen LogP contribution in [0.2, 0.25) is 0 Å². The van der Waals surface area contributed by atoms with Crippen LogP contribution in [0, 0.1) is 5.41 Å². The van der Waals surface area contributed by atoms with Gasteiger partial charge in [-0.25, -0.2) is 0 Å². The Morgan fingerprint density at radius 2 is 2.06 bits per heavy atom. The fraction of sp³-hybridized carbons (Fsp3) is 0.429. The molecule has 0 radical (unpaired) electrons. The number of aliphatic hydroxyl groups excluding tert-OH is 1. The van der Waals surface area contributed by atoms with Crippen molar-refractivity contribution in [1.29, 1.82) is 0 Å². The number of hydrogen-bond donors (Lipinski definition) is 1. The summed E-state index contributed by atoms with van der Waals surface area (Å²) in [5.74, 6) is 0. The van der Waals surface area contributed by atoms with Crippen molar-refractivity contribution in [2.75, 3.05) is 0 Å². The Bertz CT molecular complexity index is 524. The number of hydrogen-bond acceptors (Lipinski definition) is 2. The number of halogens is 1. The summed E-state index contributed by atoms with van der Waals surface area (Å²) in [4.78, 5) is 0. The Hall–Kier alpha value is -0.380. The second-order valence-electron chi connectivity index (χ2n) is 5.59. The van der Waals surface area contributed by atoms with Crippen LogP contribution in [0.3, 0.4) is 0 Å². The van der Waals surface area contributed by atoms with E-state index in [-0.39, 0.29) is 11.5 Å². The number of aliphatic hydroxyl groups is 1. The molecule has 1 aromatic heterocycles. The molecular weight excluding hydrogens is 296 g/mol. The molecule has 1 N–H and O–H groups in total. The van der Waals surface area contributed by atoms with Crippen LogP contribution in [-0.4, -0.2) is 5.11 Å². The fourth-order valence-electron chi connectivity index (χ4n) is 1.99. The quantitative estimate of drug-likeness (QED) is 0.814. The average molecular weight is 313 g/mol. The molecule has 0 aliphatic carbocycles. The summed E-state index contributed by atoms with van der Waals surface area (Å²) in [6.45, 7) is 6.46. The van der Waals surface area contributed by atoms with E-state index in [1.807, 2.05) is 12.1 Å². The highest BCUT2D eigenvalue weighted by molar-refractivity contribution is 9.10. The Labute approximate surface area is 115 Å². The van der Waals surface area contributed by atoms with E-state index < -0.39 is 0 Å². The lowest BCUT2D eigenvalue weighted by molar-refractivity contribution is 0.124. The maximum Gasteiger partial charge on any atom is 0.0809 e. The number of benzene rings is 1. The van der Waals surface area contributed by atoms with Crippen LogP contribution in [0.5, 0.6) is 0 Å². The molecule has 17 heavy (non-hydrogen) atoms. The van der Waals surface area contributed by atoms with E-state index in [1.165, 1.54) is 10.1 Å². The van der Waals surface area contributed by atoms with Gasteiger partial charge < -0.3 is 5.11 Å². The Morgan fingerprint density at radius 3 is 2.71 bits per heavy atom. The summed E-state index contributed by atoms with van der Waals surface area (Å²) >= 11 is 5.24. The van der Waals surface area contributed by atoms with Crippen LogP contribution in [0.25, 0.3) is 10.1 Å². The van der Waals surface area contributed by atoms with Crippen LogP contribution >= 0.6 is 27.3 Å². The topological polar surface area (TPSA) is 20.2 Å². The predicted molar refractivity (Wildman–Crippen MR) is 78.6 cm³/mol. The third-order valence-electron chi connectivity index (χ3n) is 2.75. The van der Waals surface area contributed by atoms with E-state index in [4.69, 9.17) is 0 Å². The first kappa shape index (κ1) is 13.1. The van der Waals surface area contributed by atoms with Gasteiger partial charge in [0.25, 0.3) is 0 Å². The molecule has 0 saturated heterocycles. The summed E-state index contributed by atoms with van der Waals surface area (Å²) in [6.07, 6.45) is 0.406. The van der Waals surface area contributed by atoms with Crippen LogP contribution < -0.4 is 0 Å². The summed E-state index contributed by atoms with van der Waals surface area (Å²) < 4.78 is 2.32. The highest BCUT2D eigenvalue weighted by Gasteiger charge is 2.20. The maximum atomic E-state index is 10.3. The molecule has 0 aliphatic rings. The van der Waals surface area contributed by atoms with E-state index in [9.17, 15) is 5.11 Å². The summed E-state index contributed by atoms with van der Waals surface area (Å²) in [7, 11) is 0. The van der Waals surface area contributed by atoms with Crippen molar-refractivity contribution in [2.45, 2.75) is 33.3 Å². The van der Waals surface area contributed by atoms with Crippen molar-refractivity contribution in [1.82, 2.24) is 0 Å². The van der Waals surface area contributed by atoms with Crippen LogP contribution in [0.15, 0.2) is 28.1 Å². The van der Waals surface area contributed by atoms with Crippen molar-refractivity contribution in [3.05, 3.63) is 33.6 Å². The standard InChI is InChI=1S/C14H17BrOS/c1-14(2,3)7-12(16)10-8-17-13-9(10)5-4-6-11(13)15/h4-6,8,12,16H,7H2,1-3H3. The lowest BCUT2D eigenvalue weighted by atomic mass is 9.87. The fourth-order valence-corrected chi connectivity index (χ4v) is 3.66. The van der Waals surface area contributed by atoms with E-state index in [0.717, 1.165) is 16.5 Å². The number of fused-ring (bicyclic) bond motifs is 1. The van der Waals surface area contributed by atoms with Crippen molar-refractivity contribution in [3.8, 4) is 0 Å². The van der Waals surface area contributed by atoms with Gasteiger partial charge >= 0.3 is 0 Å². The Balaban J connectivity index is 2.40. The van der Waals surface area contributed by atoms with Crippen LogP contribution in [-0.2, 0) is 0 Å². The molecule has 2 rings (SSSR count). The molecule has 0 bridgehead atoms. The highest BCUT2D eigenvalue weighted by atomic mass is 79.9. The normalized spacial score (nSPS) is 14.2. The minimum atomic E-state index is -0.377. The van der Waals surface area contributed by atoms with Crippen molar-refractivity contribution in [2.24, 2.45) is 5.41 Å². The molecule has 3 heteroatoms. The SMILES string of the molecule is CC(C)(C)CC(O)c1csc2c(Br)cccc12. The number of thiophene rings is 1. The summed E-state index contributed by atoms with van der Waals surface area (Å²) in [5, 5.41) is 13.6. The van der Waals surface area contributed by atoms with Gasteiger partial charge in [0.15, 0.2) is 0 Å². The van der Waals surface area contributed by atoms with E-state index in [2.05, 4.69) is 48.1 Å². The van der Waals surface area contributed by atoms with E-state index in [1.54, 1.807) is 11.3 Å². The van der Waals surface area contributed by atoms with Gasteiger partial charge in [-0.1, -0.05) is 32.9 Å². The molecule has 92 valence electrons. The first-order chi connectivity index (χ1) is 7.88. The molecule has 1 atom stereocenters. The average Bonchev–Trinajstić information content (AvgIpc) is 2.60. The largest absolute Gasteiger partial charge is 0.388 e. The lowest BCUT2D eigenvalue weighted by Gasteiger charge is -2.22. The van der Waals surface area contributed by atoms with Crippen molar-refractivity contribution >= 4 is 37.4 Å². The Morgan fingerprint density at radius 1 is 1.35 bits per heavy atom. The molecule has 0 aliphatic heterocycles. The highest BCUT2D eigenvalue weighted by Crippen LogP contribution is 2.38. The first-order valence-electron chi connectivity index (χ1n) is 5.72. The lowest BCUT2D eigenvalue weighted by Crippen LogP contribution is -2.11. The maximum absolute atomic E-state index is 10.3. The Kier molecular flexibility index (Phi) is 3.62. The van der Waals surface area contributed by atoms with E-state index in [0.29, 0.717) is 0 Å². The summed E-state index contributed by atoms with van der Waals surface area (Å²) in [6, 6.07) is 6.14. The molecule has 2 aromatic rings. The van der Waals surface area contributed by atoms with Gasteiger partial charge in [0.05, 0.1) is 6.10 Å². The molecule has 0 amide bonds. The molecule has 1 unspecified atom stereocenters. The van der Waals surface area contributed by atoms with Crippen LogP contribution in [0.4, 0.5) is 0 Å². The second kappa shape index (κ2) is 4.71. The minimum absolute atomic E-state index is 0.139. The molecule has 1 nitrogen and oxygen atoms in total. The minimum Gasteiger partial charge on any atom is -0.388 e. The van der Waals surface area contributed by atoms with Crippen LogP contribution in [0.1, 0.15) is 38.9 Å². The third kappa shape index (κ3) is 2.90. The molecule has 1 heterocycles. The zero-order chi connectivity index (χ0) is 12.6. The van der Waals surface area contributed by atoms with Crippen molar-refractivity contribution in [3.63, 3.8) is 0 Å². The molecular formula is C14H17BrOS. The van der Waals surface area contributed by atoms with E-state index >= 15 is 0 Å². The monoisotopic (exact) mass is 312 g/mol. The zero-order valence-corrected chi connectivity index (χ0v) is 12.7. The van der Waals surface area contributed by atoms with Gasteiger partial charge in [-0.05, 0) is 50.2 Å². The second-order valence-corrected chi connectivity index (χ2v) is 7.32. The van der Waals surface area contributed by atoms with Crippen molar-refractivity contribution < 1.29 is 5.11 Å². The number of rotatable bonds is 2. The first-order valence-corrected chi connectivity index (χ1v) is 7.39. The molecule has 1 aromatic carbocycles. The summed E-state index contributed by atoms with van der Waals surface area (Å²) in [5.41, 5.74) is 1.20.